The Balaban J connectivity index is 1.38. The van der Waals surface area contributed by atoms with Crippen molar-refractivity contribution in [2.45, 2.75) is 25.5 Å². The number of aromatic nitrogens is 5. The van der Waals surface area contributed by atoms with Crippen molar-refractivity contribution >= 4 is 11.7 Å². The molecule has 3 aromatic rings. The topological polar surface area (TPSA) is 130 Å². The van der Waals surface area contributed by atoms with E-state index in [0.29, 0.717) is 31.2 Å². The number of aliphatic hydroxyl groups is 1. The molecule has 0 radical (unpaired) electrons. The monoisotopic (exact) mass is 381 g/mol. The second-order valence-electron chi connectivity index (χ2n) is 6.52. The number of carbonyl (C=O) groups excluding carboxylic acids is 1. The second kappa shape index (κ2) is 7.69. The average Bonchev–Trinajstić information content (AvgIpc) is 3.16. The molecule has 0 aromatic carbocycles. The number of hydrogen-bond donors (Lipinski definition) is 2. The van der Waals surface area contributed by atoms with E-state index in [1.54, 1.807) is 13.1 Å². The molecule has 28 heavy (non-hydrogen) atoms. The van der Waals surface area contributed by atoms with Crippen LogP contribution in [0.4, 0.5) is 5.82 Å². The Labute approximate surface area is 160 Å². The van der Waals surface area contributed by atoms with Gasteiger partial charge >= 0.3 is 0 Å². The van der Waals surface area contributed by atoms with Crippen LogP contribution in [0.3, 0.4) is 0 Å². The summed E-state index contributed by atoms with van der Waals surface area (Å²) in [6, 6.07) is 3.34. The maximum Gasteiger partial charge on any atom is 0.271 e. The summed E-state index contributed by atoms with van der Waals surface area (Å²) in [6.45, 7) is 2.76. The van der Waals surface area contributed by atoms with Crippen LogP contribution in [0.25, 0.3) is 11.5 Å². The molecule has 0 bridgehead atoms. The molecule has 2 atom stereocenters. The van der Waals surface area contributed by atoms with E-state index in [-0.39, 0.29) is 17.6 Å². The Morgan fingerprint density at radius 2 is 2.18 bits per heavy atom. The molecular formula is C18H19N7O3. The van der Waals surface area contributed by atoms with Crippen molar-refractivity contribution in [2.75, 3.05) is 18.0 Å². The predicted octanol–water partition coefficient (Wildman–Crippen LogP) is 0.600. The fraction of sp³-hybridized carbons (Fsp3) is 0.333. The van der Waals surface area contributed by atoms with Crippen molar-refractivity contribution in [3.63, 3.8) is 0 Å². The van der Waals surface area contributed by atoms with Gasteiger partial charge in [0.25, 0.3) is 11.8 Å². The summed E-state index contributed by atoms with van der Waals surface area (Å²) in [6.07, 6.45) is 5.87. The lowest BCUT2D eigenvalue weighted by atomic mass is 10.0. The van der Waals surface area contributed by atoms with Crippen LogP contribution >= 0.6 is 0 Å². The van der Waals surface area contributed by atoms with Gasteiger partial charge in [-0.1, -0.05) is 5.16 Å². The van der Waals surface area contributed by atoms with Crippen molar-refractivity contribution in [1.29, 1.82) is 0 Å². The molecular weight excluding hydrogens is 362 g/mol. The van der Waals surface area contributed by atoms with Crippen molar-refractivity contribution in [3.05, 3.63) is 48.4 Å². The van der Waals surface area contributed by atoms with E-state index >= 15 is 0 Å². The summed E-state index contributed by atoms with van der Waals surface area (Å²) in [7, 11) is 0. The largest absolute Gasteiger partial charge is 0.389 e. The molecule has 1 fully saturated rings. The normalized spacial score (nSPS) is 19.4. The highest BCUT2D eigenvalue weighted by atomic mass is 16.5. The van der Waals surface area contributed by atoms with Crippen LogP contribution in [-0.4, -0.2) is 61.3 Å². The number of anilines is 1. The fourth-order valence-corrected chi connectivity index (χ4v) is 3.08. The zero-order valence-corrected chi connectivity index (χ0v) is 15.2. The lowest BCUT2D eigenvalue weighted by Crippen LogP contribution is -2.54. The molecule has 4 heterocycles. The summed E-state index contributed by atoms with van der Waals surface area (Å²) in [5.74, 6) is 1.37. The zero-order chi connectivity index (χ0) is 19.5. The second-order valence-corrected chi connectivity index (χ2v) is 6.52. The van der Waals surface area contributed by atoms with Crippen LogP contribution in [0, 0.1) is 6.92 Å². The summed E-state index contributed by atoms with van der Waals surface area (Å²) < 4.78 is 5.14. The molecule has 3 aromatic heterocycles. The Hall–Kier alpha value is -3.40. The SMILES string of the molecule is Cc1noc(-c2ccc(N3CC[C@@H](NC(=O)c4cnccn4)[C@H](O)C3)nc2)n1. The molecule has 1 aliphatic rings. The van der Waals surface area contributed by atoms with Crippen molar-refractivity contribution < 1.29 is 14.4 Å². The Morgan fingerprint density at radius 1 is 1.29 bits per heavy atom. The van der Waals surface area contributed by atoms with Gasteiger partial charge in [0.15, 0.2) is 5.82 Å². The molecule has 1 saturated heterocycles. The minimum absolute atomic E-state index is 0.227. The number of β-amino-alcohol motifs (C(OH)–C–C–N with tert-alkyl or cyclic N) is 1. The average molecular weight is 381 g/mol. The van der Waals surface area contributed by atoms with Gasteiger partial charge < -0.3 is 19.8 Å². The van der Waals surface area contributed by atoms with Gasteiger partial charge in [0.05, 0.1) is 23.9 Å². The standard InChI is InChI=1S/C18H19N7O3/c1-11-22-18(28-24-11)12-2-3-16(21-8-12)25-7-4-13(15(26)10-25)23-17(27)14-9-19-5-6-20-14/h2-3,5-6,8-9,13,15,26H,4,7,10H2,1H3,(H,23,27)/t13-,15-/m1/s1. The number of nitrogens with zero attached hydrogens (tertiary/aromatic N) is 6. The molecule has 10 nitrogen and oxygen atoms in total. The highest BCUT2D eigenvalue weighted by molar-refractivity contribution is 5.92. The minimum atomic E-state index is -0.727. The quantitative estimate of drug-likeness (QED) is 0.667. The molecule has 0 unspecified atom stereocenters. The van der Waals surface area contributed by atoms with Gasteiger partial charge in [-0.05, 0) is 25.5 Å². The zero-order valence-electron chi connectivity index (χ0n) is 15.2. The third-order valence-corrected chi connectivity index (χ3v) is 4.54. The highest BCUT2D eigenvalue weighted by Crippen LogP contribution is 2.22. The number of hydrogen-bond acceptors (Lipinski definition) is 9. The first-order chi connectivity index (χ1) is 13.6. The van der Waals surface area contributed by atoms with Crippen molar-refractivity contribution in [2.24, 2.45) is 0 Å². The van der Waals surface area contributed by atoms with Gasteiger partial charge in [0.2, 0.25) is 0 Å². The van der Waals surface area contributed by atoms with Crippen LogP contribution in [0.15, 0.2) is 41.4 Å². The summed E-state index contributed by atoms with van der Waals surface area (Å²) in [4.78, 5) is 30.7. The summed E-state index contributed by atoms with van der Waals surface area (Å²) in [5.41, 5.74) is 0.960. The molecule has 2 N–H and O–H groups in total. The van der Waals surface area contributed by atoms with Gasteiger partial charge in [0, 0.05) is 31.7 Å². The Kier molecular flexibility index (Phi) is 4.94. The van der Waals surface area contributed by atoms with Crippen LogP contribution in [0.2, 0.25) is 0 Å². The van der Waals surface area contributed by atoms with Crippen molar-refractivity contribution in [1.82, 2.24) is 30.4 Å². The van der Waals surface area contributed by atoms with E-state index in [9.17, 15) is 9.90 Å². The van der Waals surface area contributed by atoms with Crippen LogP contribution < -0.4 is 10.2 Å². The lowest BCUT2D eigenvalue weighted by Gasteiger charge is -2.36. The number of piperidine rings is 1. The Morgan fingerprint density at radius 3 is 2.82 bits per heavy atom. The van der Waals surface area contributed by atoms with E-state index in [4.69, 9.17) is 4.52 Å². The maximum absolute atomic E-state index is 12.2. The smallest absolute Gasteiger partial charge is 0.271 e. The maximum atomic E-state index is 12.2. The van der Waals surface area contributed by atoms with E-state index in [0.717, 1.165) is 11.4 Å². The number of amides is 1. The molecule has 144 valence electrons. The number of pyridine rings is 1. The molecule has 1 amide bonds. The first kappa shape index (κ1) is 18.0. The molecule has 1 aliphatic heterocycles. The predicted molar refractivity (Wildman–Crippen MR) is 98.4 cm³/mol. The van der Waals surface area contributed by atoms with E-state index in [1.165, 1.54) is 18.6 Å². The Bertz CT molecular complexity index is 945. The summed E-state index contributed by atoms with van der Waals surface area (Å²) >= 11 is 0. The molecule has 0 spiro atoms. The lowest BCUT2D eigenvalue weighted by molar-refractivity contribution is 0.0793. The van der Waals surface area contributed by atoms with Gasteiger partial charge in [-0.2, -0.15) is 4.98 Å². The van der Waals surface area contributed by atoms with Gasteiger partial charge in [0.1, 0.15) is 11.5 Å². The third kappa shape index (κ3) is 3.81. The highest BCUT2D eigenvalue weighted by Gasteiger charge is 2.30. The van der Waals surface area contributed by atoms with Crippen LogP contribution in [-0.2, 0) is 0 Å². The molecule has 10 heteroatoms. The number of aliphatic hydroxyl groups excluding tert-OH is 1. The number of nitrogens with one attached hydrogen (secondary N) is 1. The number of aryl methyl sites for hydroxylation is 1. The van der Waals surface area contributed by atoms with Crippen molar-refractivity contribution in [3.8, 4) is 11.5 Å². The number of rotatable bonds is 4. The number of carbonyl (C=O) groups is 1. The van der Waals surface area contributed by atoms with Crippen LogP contribution in [0.1, 0.15) is 22.7 Å². The van der Waals surface area contributed by atoms with Crippen LogP contribution in [0.5, 0.6) is 0 Å². The van der Waals surface area contributed by atoms with E-state index in [1.807, 2.05) is 17.0 Å². The summed E-state index contributed by atoms with van der Waals surface area (Å²) in [5, 5.41) is 17.1. The van der Waals surface area contributed by atoms with Gasteiger partial charge in [-0.15, -0.1) is 0 Å². The molecule has 0 saturated carbocycles. The third-order valence-electron chi connectivity index (χ3n) is 4.54. The first-order valence-electron chi connectivity index (χ1n) is 8.87. The van der Waals surface area contributed by atoms with E-state index in [2.05, 4.69) is 30.4 Å². The molecule has 4 rings (SSSR count). The van der Waals surface area contributed by atoms with Gasteiger partial charge in [-0.25, -0.2) is 9.97 Å². The first-order valence-corrected chi connectivity index (χ1v) is 8.87. The fourth-order valence-electron chi connectivity index (χ4n) is 3.08. The van der Waals surface area contributed by atoms with Gasteiger partial charge in [-0.3, -0.25) is 9.78 Å². The van der Waals surface area contributed by atoms with E-state index < -0.39 is 6.10 Å². The molecule has 0 aliphatic carbocycles. The minimum Gasteiger partial charge on any atom is -0.389 e.